The minimum absolute atomic E-state index is 0.0563. The topological polar surface area (TPSA) is 17.1 Å². The zero-order valence-corrected chi connectivity index (χ0v) is 6.83. The van der Waals surface area contributed by atoms with Crippen molar-refractivity contribution in [2.75, 3.05) is 19.0 Å². The highest BCUT2D eigenvalue weighted by Crippen LogP contribution is 2.50. The lowest BCUT2D eigenvalue weighted by Crippen LogP contribution is -1.92. The third kappa shape index (κ3) is 1.85. The van der Waals surface area contributed by atoms with Crippen molar-refractivity contribution in [2.45, 2.75) is 6.42 Å². The third-order valence-electron chi connectivity index (χ3n) is 1.82. The van der Waals surface area contributed by atoms with E-state index >= 15 is 0 Å². The smallest absolute Gasteiger partial charge is 0.105 e. The largest absolute Gasteiger partial charge is 0.324 e. The van der Waals surface area contributed by atoms with Crippen LogP contribution < -0.4 is 0 Å². The molecule has 1 heterocycles. The molecule has 0 bridgehead atoms. The van der Waals surface area contributed by atoms with Crippen LogP contribution in [0.5, 0.6) is 0 Å². The zero-order valence-electron chi connectivity index (χ0n) is 5.93. The van der Waals surface area contributed by atoms with Gasteiger partial charge in [-0.1, -0.05) is 5.92 Å². The fraction of sp³-hybridized carbons (Fsp3) is 0.714. The van der Waals surface area contributed by atoms with E-state index in [9.17, 15) is 8.96 Å². The molecule has 1 fully saturated rings. The predicted molar refractivity (Wildman–Crippen MR) is 40.3 cm³/mol. The van der Waals surface area contributed by atoms with Crippen LogP contribution >= 0.6 is 7.14 Å². The Labute approximate surface area is 60.4 Å². The van der Waals surface area contributed by atoms with E-state index in [2.05, 4.69) is 5.92 Å². The SMILES string of the molecule is CP1(=O)CCC(C#CF)C1. The summed E-state index contributed by atoms with van der Waals surface area (Å²) in [6.07, 6.45) is 3.54. The Balaban J connectivity index is 2.57. The first-order valence-electron chi connectivity index (χ1n) is 3.31. The first-order chi connectivity index (χ1) is 4.64. The molecule has 0 radical (unpaired) electrons. The molecule has 0 aromatic heterocycles. The maximum absolute atomic E-state index is 11.4. The molecule has 0 aromatic carbocycles. The number of rotatable bonds is 0. The summed E-state index contributed by atoms with van der Waals surface area (Å²) >= 11 is 0. The van der Waals surface area contributed by atoms with E-state index in [0.29, 0.717) is 6.16 Å². The summed E-state index contributed by atoms with van der Waals surface area (Å²) in [5.41, 5.74) is 0. The van der Waals surface area contributed by atoms with Crippen LogP contribution in [-0.2, 0) is 4.57 Å². The second-order valence-corrected chi connectivity index (χ2v) is 6.33. The van der Waals surface area contributed by atoms with Crippen molar-refractivity contribution in [2.24, 2.45) is 5.92 Å². The normalized spacial score (nSPS) is 38.8. The minimum atomic E-state index is -1.90. The molecule has 2 atom stereocenters. The Morgan fingerprint density at radius 3 is 2.80 bits per heavy atom. The van der Waals surface area contributed by atoms with Gasteiger partial charge < -0.3 is 4.57 Å². The van der Waals surface area contributed by atoms with Gasteiger partial charge in [0.25, 0.3) is 0 Å². The van der Waals surface area contributed by atoms with Crippen LogP contribution in [-0.4, -0.2) is 19.0 Å². The molecule has 1 rings (SSSR count). The number of halogens is 1. The summed E-state index contributed by atoms with van der Waals surface area (Å²) in [5.74, 6) is 2.47. The van der Waals surface area contributed by atoms with Gasteiger partial charge in [0, 0.05) is 18.2 Å². The summed E-state index contributed by atoms with van der Waals surface area (Å²) in [6, 6.07) is 0. The molecule has 0 aromatic rings. The Kier molecular flexibility index (Phi) is 2.16. The highest BCUT2D eigenvalue weighted by molar-refractivity contribution is 7.63. The molecule has 0 saturated carbocycles. The molecule has 0 aliphatic carbocycles. The Morgan fingerprint density at radius 2 is 2.40 bits per heavy atom. The van der Waals surface area contributed by atoms with Gasteiger partial charge >= 0.3 is 0 Å². The van der Waals surface area contributed by atoms with E-state index in [4.69, 9.17) is 0 Å². The number of hydrogen-bond acceptors (Lipinski definition) is 1. The van der Waals surface area contributed by atoms with Crippen molar-refractivity contribution in [1.82, 2.24) is 0 Å². The molecule has 1 saturated heterocycles. The molecular formula is C7H10FOP. The van der Waals surface area contributed by atoms with E-state index in [1.165, 1.54) is 6.17 Å². The molecule has 10 heavy (non-hydrogen) atoms. The van der Waals surface area contributed by atoms with Crippen molar-refractivity contribution >= 4 is 7.14 Å². The summed E-state index contributed by atoms with van der Waals surface area (Å²) in [5, 5.41) is 0. The molecule has 1 nitrogen and oxygen atoms in total. The van der Waals surface area contributed by atoms with Gasteiger partial charge in [-0.3, -0.25) is 0 Å². The first-order valence-corrected chi connectivity index (χ1v) is 5.83. The monoisotopic (exact) mass is 160 g/mol. The lowest BCUT2D eigenvalue weighted by molar-refractivity contribution is 0.582. The van der Waals surface area contributed by atoms with E-state index in [0.717, 1.165) is 12.6 Å². The van der Waals surface area contributed by atoms with Crippen LogP contribution in [0.25, 0.3) is 0 Å². The lowest BCUT2D eigenvalue weighted by Gasteiger charge is -1.99. The van der Waals surface area contributed by atoms with Gasteiger partial charge in [-0.05, 0) is 13.1 Å². The lowest BCUT2D eigenvalue weighted by atomic mass is 10.1. The summed E-state index contributed by atoms with van der Waals surface area (Å²) in [7, 11) is -1.90. The van der Waals surface area contributed by atoms with Gasteiger partial charge in [-0.25, -0.2) is 0 Å². The van der Waals surface area contributed by atoms with Gasteiger partial charge in [0.15, 0.2) is 0 Å². The quantitative estimate of drug-likeness (QED) is 0.391. The minimum Gasteiger partial charge on any atom is -0.324 e. The average Bonchev–Trinajstić information content (AvgIpc) is 2.12. The van der Waals surface area contributed by atoms with Gasteiger partial charge in [0.05, 0.1) is 7.14 Å². The Morgan fingerprint density at radius 1 is 1.70 bits per heavy atom. The second-order valence-electron chi connectivity index (χ2n) is 2.93. The standard InChI is InChI=1S/C7H10FOP/c1-10(9)5-3-7(6-10)2-4-8/h7H,3,5-6H2,1H3. The molecule has 0 N–H and O–H groups in total. The molecule has 1 aliphatic rings. The maximum atomic E-state index is 11.4. The summed E-state index contributed by atoms with van der Waals surface area (Å²) in [6.45, 7) is 1.77. The van der Waals surface area contributed by atoms with E-state index < -0.39 is 7.14 Å². The average molecular weight is 160 g/mol. The van der Waals surface area contributed by atoms with Crippen molar-refractivity contribution in [1.29, 1.82) is 0 Å². The molecular weight excluding hydrogens is 150 g/mol. The Hall–Kier alpha value is -0.280. The molecule has 1 aliphatic heterocycles. The summed E-state index contributed by atoms with van der Waals surface area (Å²) < 4.78 is 22.8. The highest BCUT2D eigenvalue weighted by Gasteiger charge is 2.28. The van der Waals surface area contributed by atoms with E-state index in [-0.39, 0.29) is 5.92 Å². The van der Waals surface area contributed by atoms with Crippen LogP contribution in [0.15, 0.2) is 0 Å². The van der Waals surface area contributed by atoms with Crippen LogP contribution in [0.2, 0.25) is 0 Å². The summed E-state index contributed by atoms with van der Waals surface area (Å²) in [4.78, 5) is 0. The van der Waals surface area contributed by atoms with Crippen LogP contribution in [0.3, 0.4) is 0 Å². The molecule has 0 amide bonds. The fourth-order valence-corrected chi connectivity index (χ4v) is 3.52. The Bertz CT molecular complexity index is 225. The van der Waals surface area contributed by atoms with Crippen LogP contribution in [0.4, 0.5) is 4.39 Å². The molecule has 0 spiro atoms. The predicted octanol–water partition coefficient (Wildman–Crippen LogP) is 1.93. The first kappa shape index (κ1) is 7.82. The third-order valence-corrected chi connectivity index (χ3v) is 4.23. The second kappa shape index (κ2) is 2.76. The fourth-order valence-electron chi connectivity index (χ4n) is 1.27. The molecule has 3 heteroatoms. The van der Waals surface area contributed by atoms with Gasteiger partial charge in [0.1, 0.15) is 6.17 Å². The van der Waals surface area contributed by atoms with Gasteiger partial charge in [-0.15, -0.1) is 4.39 Å². The van der Waals surface area contributed by atoms with E-state index in [1.54, 1.807) is 6.66 Å². The van der Waals surface area contributed by atoms with Crippen molar-refractivity contribution in [3.8, 4) is 12.1 Å². The van der Waals surface area contributed by atoms with Crippen molar-refractivity contribution in [3.05, 3.63) is 0 Å². The zero-order chi connectivity index (χ0) is 7.61. The van der Waals surface area contributed by atoms with Crippen LogP contribution in [0.1, 0.15) is 6.42 Å². The maximum Gasteiger partial charge on any atom is 0.105 e. The van der Waals surface area contributed by atoms with Crippen molar-refractivity contribution in [3.63, 3.8) is 0 Å². The van der Waals surface area contributed by atoms with Gasteiger partial charge in [0.2, 0.25) is 0 Å². The number of hydrogen-bond donors (Lipinski definition) is 0. The molecule has 56 valence electrons. The molecule has 2 unspecified atom stereocenters. The van der Waals surface area contributed by atoms with Crippen molar-refractivity contribution < 1.29 is 8.96 Å². The highest BCUT2D eigenvalue weighted by atomic mass is 31.2. The van der Waals surface area contributed by atoms with Gasteiger partial charge in [-0.2, -0.15) is 0 Å². The van der Waals surface area contributed by atoms with E-state index in [1.807, 2.05) is 0 Å². The van der Waals surface area contributed by atoms with Crippen LogP contribution in [0, 0.1) is 18.0 Å².